The molecule has 3 aliphatic rings. The van der Waals surface area contributed by atoms with Gasteiger partial charge in [-0.2, -0.15) is 0 Å². The normalized spacial score (nSPS) is 21.3. The number of aromatic nitrogens is 1. The average Bonchev–Trinajstić information content (AvgIpc) is 3.27. The second-order valence-electron chi connectivity index (χ2n) is 8.80. The van der Waals surface area contributed by atoms with Gasteiger partial charge in [0, 0.05) is 48.4 Å². The number of halogens is 1. The first kappa shape index (κ1) is 20.9. The zero-order chi connectivity index (χ0) is 23.1. The van der Waals surface area contributed by atoms with E-state index < -0.39 is 11.4 Å². The molecule has 0 unspecified atom stereocenters. The summed E-state index contributed by atoms with van der Waals surface area (Å²) in [6.45, 7) is 2.09. The molecule has 0 radical (unpaired) electrons. The maximum absolute atomic E-state index is 15.3. The summed E-state index contributed by atoms with van der Waals surface area (Å²) in [6, 6.07) is 12.8. The van der Waals surface area contributed by atoms with Crippen molar-refractivity contribution < 1.29 is 23.3 Å². The fraction of sp³-hybridized carbons (Fsp3) is 0.308. The van der Waals surface area contributed by atoms with Crippen molar-refractivity contribution >= 4 is 6.02 Å². The van der Waals surface area contributed by atoms with E-state index in [1.165, 1.54) is 6.07 Å². The lowest BCUT2D eigenvalue weighted by atomic mass is 9.80. The molecule has 4 heterocycles. The molecule has 6 rings (SSSR count). The lowest BCUT2D eigenvalue weighted by molar-refractivity contribution is 0.0496. The van der Waals surface area contributed by atoms with Gasteiger partial charge in [-0.3, -0.25) is 4.98 Å². The van der Waals surface area contributed by atoms with Crippen LogP contribution in [0.15, 0.2) is 59.9 Å². The molecule has 8 heteroatoms. The van der Waals surface area contributed by atoms with Crippen molar-refractivity contribution in [1.29, 1.82) is 0 Å². The van der Waals surface area contributed by atoms with Crippen LogP contribution in [0.2, 0.25) is 0 Å². The molecule has 0 bridgehead atoms. The van der Waals surface area contributed by atoms with E-state index in [0.717, 1.165) is 42.7 Å². The Morgan fingerprint density at radius 2 is 1.97 bits per heavy atom. The summed E-state index contributed by atoms with van der Waals surface area (Å²) in [5.41, 5.74) is 8.11. The predicted molar refractivity (Wildman–Crippen MR) is 124 cm³/mol. The molecule has 1 saturated heterocycles. The van der Waals surface area contributed by atoms with Crippen molar-refractivity contribution in [3.05, 3.63) is 71.8 Å². The number of rotatable bonds is 4. The molecule has 1 spiro atoms. The van der Waals surface area contributed by atoms with Crippen LogP contribution in [0, 0.1) is 11.7 Å². The van der Waals surface area contributed by atoms with E-state index in [1.54, 1.807) is 18.5 Å². The molecular formula is C26H24FN3O4. The SMILES string of the molecule is NC1=N[C@@]2(CO1)c1cc(-c3cccnc3)ccc1Oc1c(F)cc(OCC3CCOCC3)cc12. The first-order valence-electron chi connectivity index (χ1n) is 11.4. The molecule has 3 aliphatic heterocycles. The number of ether oxygens (including phenoxy) is 4. The minimum absolute atomic E-state index is 0.0551. The molecule has 2 N–H and O–H groups in total. The fourth-order valence-electron chi connectivity index (χ4n) is 4.81. The Kier molecular flexibility index (Phi) is 5.10. The van der Waals surface area contributed by atoms with Gasteiger partial charge in [-0.25, -0.2) is 9.38 Å². The molecule has 0 amide bonds. The third-order valence-corrected chi connectivity index (χ3v) is 6.65. The molecule has 0 saturated carbocycles. The van der Waals surface area contributed by atoms with Crippen LogP contribution in [0.1, 0.15) is 24.0 Å². The maximum Gasteiger partial charge on any atom is 0.283 e. The minimum atomic E-state index is -1.04. The van der Waals surface area contributed by atoms with E-state index in [-0.39, 0.29) is 18.4 Å². The highest BCUT2D eigenvalue weighted by Crippen LogP contribution is 2.53. The van der Waals surface area contributed by atoms with E-state index in [9.17, 15) is 0 Å². The van der Waals surface area contributed by atoms with Gasteiger partial charge in [-0.15, -0.1) is 0 Å². The van der Waals surface area contributed by atoms with E-state index >= 15 is 4.39 Å². The highest BCUT2D eigenvalue weighted by molar-refractivity contribution is 5.78. The van der Waals surface area contributed by atoms with Crippen LogP contribution in [0.25, 0.3) is 11.1 Å². The Morgan fingerprint density at radius 1 is 1.09 bits per heavy atom. The van der Waals surface area contributed by atoms with Crippen molar-refractivity contribution in [3.8, 4) is 28.4 Å². The number of nitrogens with zero attached hydrogens (tertiary/aromatic N) is 2. The van der Waals surface area contributed by atoms with Gasteiger partial charge >= 0.3 is 0 Å². The fourth-order valence-corrected chi connectivity index (χ4v) is 4.81. The smallest absolute Gasteiger partial charge is 0.283 e. The summed E-state index contributed by atoms with van der Waals surface area (Å²) in [5, 5.41) is 0. The van der Waals surface area contributed by atoms with Crippen LogP contribution in [-0.2, 0) is 15.0 Å². The minimum Gasteiger partial charge on any atom is -0.493 e. The second kappa shape index (κ2) is 8.29. The molecule has 1 aromatic heterocycles. The summed E-state index contributed by atoms with van der Waals surface area (Å²) in [6.07, 6.45) is 5.37. The summed E-state index contributed by atoms with van der Waals surface area (Å²) in [7, 11) is 0. The van der Waals surface area contributed by atoms with Gasteiger partial charge < -0.3 is 24.7 Å². The van der Waals surface area contributed by atoms with Crippen LogP contribution in [0.3, 0.4) is 0 Å². The Morgan fingerprint density at radius 3 is 2.74 bits per heavy atom. The van der Waals surface area contributed by atoms with Crippen molar-refractivity contribution in [2.45, 2.75) is 18.4 Å². The van der Waals surface area contributed by atoms with Gasteiger partial charge in [0.15, 0.2) is 17.1 Å². The van der Waals surface area contributed by atoms with Crippen molar-refractivity contribution in [2.75, 3.05) is 26.4 Å². The van der Waals surface area contributed by atoms with Gasteiger partial charge in [0.2, 0.25) is 0 Å². The number of nitrogens with two attached hydrogens (primary N) is 1. The van der Waals surface area contributed by atoms with E-state index in [0.29, 0.717) is 29.6 Å². The summed E-state index contributed by atoms with van der Waals surface area (Å²) >= 11 is 0. The monoisotopic (exact) mass is 461 g/mol. The van der Waals surface area contributed by atoms with Crippen LogP contribution in [0.5, 0.6) is 17.2 Å². The standard InChI is InChI=1S/C26H24FN3O4/c27-22-12-19(32-14-16-5-8-31-9-6-16)11-21-24(22)34-23-4-3-17(18-2-1-7-29-13-18)10-20(23)26(21)15-33-25(28)30-26/h1-4,7,10-13,16H,5-6,8-9,14-15H2,(H2,28,30)/t26-/m0/s1. The van der Waals surface area contributed by atoms with Crippen molar-refractivity contribution in [3.63, 3.8) is 0 Å². The first-order chi connectivity index (χ1) is 16.6. The number of fused-ring (bicyclic) bond motifs is 4. The average molecular weight is 461 g/mol. The molecule has 7 nitrogen and oxygen atoms in total. The summed E-state index contributed by atoms with van der Waals surface area (Å²) < 4.78 is 38.4. The molecular weight excluding hydrogens is 437 g/mol. The largest absolute Gasteiger partial charge is 0.493 e. The lowest BCUT2D eigenvalue weighted by Crippen LogP contribution is -2.31. The number of amidine groups is 1. The quantitative estimate of drug-likeness (QED) is 0.620. The molecule has 2 aromatic carbocycles. The molecule has 3 aromatic rings. The molecule has 34 heavy (non-hydrogen) atoms. The van der Waals surface area contributed by atoms with E-state index in [2.05, 4.69) is 9.98 Å². The van der Waals surface area contributed by atoms with E-state index in [1.807, 2.05) is 30.3 Å². The van der Waals surface area contributed by atoms with Crippen LogP contribution < -0.4 is 15.2 Å². The third kappa shape index (κ3) is 3.54. The first-order valence-corrected chi connectivity index (χ1v) is 11.4. The highest BCUT2D eigenvalue weighted by Gasteiger charge is 2.48. The number of aliphatic imine (C=N–C) groups is 1. The Bertz CT molecular complexity index is 1260. The van der Waals surface area contributed by atoms with Crippen LogP contribution >= 0.6 is 0 Å². The maximum atomic E-state index is 15.3. The molecule has 1 fully saturated rings. The number of hydrogen-bond donors (Lipinski definition) is 1. The Balaban J connectivity index is 1.42. The van der Waals surface area contributed by atoms with Gasteiger partial charge in [-0.1, -0.05) is 12.1 Å². The number of benzene rings is 2. The van der Waals surface area contributed by atoms with Crippen molar-refractivity contribution in [2.24, 2.45) is 16.6 Å². The van der Waals surface area contributed by atoms with Gasteiger partial charge in [-0.05, 0) is 48.6 Å². The van der Waals surface area contributed by atoms with Gasteiger partial charge in [0.1, 0.15) is 18.1 Å². The second-order valence-corrected chi connectivity index (χ2v) is 8.80. The van der Waals surface area contributed by atoms with Gasteiger partial charge in [0.05, 0.1) is 6.61 Å². The topological polar surface area (TPSA) is 88.2 Å². The Labute approximate surface area is 196 Å². The summed E-state index contributed by atoms with van der Waals surface area (Å²) in [5.74, 6) is 0.920. The molecule has 0 aliphatic carbocycles. The van der Waals surface area contributed by atoms with E-state index in [4.69, 9.17) is 24.7 Å². The third-order valence-electron chi connectivity index (χ3n) is 6.65. The van der Waals surface area contributed by atoms with Crippen LogP contribution in [-0.4, -0.2) is 37.4 Å². The van der Waals surface area contributed by atoms with Crippen LogP contribution in [0.4, 0.5) is 4.39 Å². The van der Waals surface area contributed by atoms with Gasteiger partial charge in [0.25, 0.3) is 6.02 Å². The zero-order valence-electron chi connectivity index (χ0n) is 18.5. The lowest BCUT2D eigenvalue weighted by Gasteiger charge is -2.34. The Hall–Kier alpha value is -3.65. The predicted octanol–water partition coefficient (Wildman–Crippen LogP) is 4.39. The summed E-state index contributed by atoms with van der Waals surface area (Å²) in [4.78, 5) is 8.88. The number of hydrogen-bond acceptors (Lipinski definition) is 7. The van der Waals surface area contributed by atoms with Crippen molar-refractivity contribution in [1.82, 2.24) is 4.98 Å². The molecule has 1 atom stereocenters. The number of pyridine rings is 1. The zero-order valence-corrected chi connectivity index (χ0v) is 18.5. The highest BCUT2D eigenvalue weighted by atomic mass is 19.1. The molecule has 174 valence electrons.